The maximum absolute atomic E-state index is 12.7. The van der Waals surface area contributed by atoms with Crippen molar-refractivity contribution in [1.29, 1.82) is 0 Å². The highest BCUT2D eigenvalue weighted by atomic mass is 19.3. The van der Waals surface area contributed by atoms with Gasteiger partial charge in [0.1, 0.15) is 5.75 Å². The van der Waals surface area contributed by atoms with Crippen molar-refractivity contribution in [3.63, 3.8) is 0 Å². The average Bonchev–Trinajstić information content (AvgIpc) is 3.26. The summed E-state index contributed by atoms with van der Waals surface area (Å²) in [6, 6.07) is 8.26. The molecule has 3 aliphatic carbocycles. The molecule has 0 spiro atoms. The van der Waals surface area contributed by atoms with Gasteiger partial charge in [-0.25, -0.2) is 8.78 Å². The maximum atomic E-state index is 12.7. The van der Waals surface area contributed by atoms with Gasteiger partial charge in [-0.15, -0.1) is 0 Å². The van der Waals surface area contributed by atoms with E-state index in [-0.39, 0.29) is 24.7 Å². The minimum atomic E-state index is -2.83. The molecule has 32 heavy (non-hydrogen) atoms. The van der Waals surface area contributed by atoms with Crippen LogP contribution in [-0.2, 0) is 4.79 Å². The van der Waals surface area contributed by atoms with E-state index in [2.05, 4.69) is 15.8 Å². The summed E-state index contributed by atoms with van der Waals surface area (Å²) in [5, 5.41) is 19.8. The summed E-state index contributed by atoms with van der Waals surface area (Å²) in [6.07, 6.45) is -1.51. The van der Waals surface area contributed by atoms with Crippen LogP contribution in [0.5, 0.6) is 5.75 Å². The Morgan fingerprint density at radius 2 is 1.91 bits per heavy atom. The second kappa shape index (κ2) is 8.50. The van der Waals surface area contributed by atoms with Crippen molar-refractivity contribution in [1.82, 2.24) is 15.8 Å². The van der Waals surface area contributed by atoms with Crippen molar-refractivity contribution in [2.75, 3.05) is 6.61 Å². The molecule has 0 aliphatic heterocycles. The lowest BCUT2D eigenvalue weighted by molar-refractivity contribution is -0.132. The molecule has 3 N–H and O–H groups in total. The quantitative estimate of drug-likeness (QED) is 0.599. The Morgan fingerprint density at radius 1 is 1.22 bits per heavy atom. The van der Waals surface area contributed by atoms with Gasteiger partial charge >= 0.3 is 0 Å². The van der Waals surface area contributed by atoms with Gasteiger partial charge in [-0.1, -0.05) is 22.9 Å². The number of carbonyl (C=O) groups is 2. The number of nitrogens with one attached hydrogen (secondary N) is 2. The molecule has 3 fully saturated rings. The lowest BCUT2D eigenvalue weighted by Gasteiger charge is -2.56. The molecule has 1 aromatic heterocycles. The van der Waals surface area contributed by atoms with Crippen molar-refractivity contribution < 1.29 is 32.7 Å². The predicted molar refractivity (Wildman–Crippen MR) is 108 cm³/mol. The van der Waals surface area contributed by atoms with E-state index >= 15 is 0 Å². The molecule has 2 bridgehead atoms. The first-order valence-electron chi connectivity index (χ1n) is 10.5. The molecule has 2 aromatic rings. The monoisotopic (exact) mass is 449 g/mol. The zero-order valence-electron chi connectivity index (χ0n) is 17.6. The number of hydrogen-bond acceptors (Lipinski definition) is 6. The third-order valence-electron chi connectivity index (χ3n) is 6.46. The molecule has 0 saturated heterocycles. The summed E-state index contributed by atoms with van der Waals surface area (Å²) in [5.74, 6) is -0.695. The highest BCUT2D eigenvalue weighted by molar-refractivity contribution is 5.92. The highest BCUT2D eigenvalue weighted by Crippen LogP contribution is 2.47. The smallest absolute Gasteiger partial charge is 0.290 e. The molecule has 3 saturated carbocycles. The number of hydrogen-bond donors (Lipinski definition) is 3. The molecule has 0 radical (unpaired) electrons. The van der Waals surface area contributed by atoms with Crippen LogP contribution in [0, 0.1) is 6.92 Å². The van der Waals surface area contributed by atoms with Crippen LogP contribution in [0.4, 0.5) is 8.78 Å². The highest BCUT2D eigenvalue weighted by Gasteiger charge is 2.55. The molecule has 1 heterocycles. The second-order valence-electron chi connectivity index (χ2n) is 8.68. The van der Waals surface area contributed by atoms with Crippen molar-refractivity contribution in [2.45, 2.75) is 62.6 Å². The molecule has 2 amide bonds. The normalized spacial score (nSPS) is 26.7. The summed E-state index contributed by atoms with van der Waals surface area (Å²) >= 11 is 0. The second-order valence-corrected chi connectivity index (χ2v) is 8.68. The van der Waals surface area contributed by atoms with Gasteiger partial charge in [0, 0.05) is 11.6 Å². The summed E-state index contributed by atoms with van der Waals surface area (Å²) in [5.41, 5.74) is -0.995. The van der Waals surface area contributed by atoms with Crippen molar-refractivity contribution >= 4 is 11.8 Å². The Morgan fingerprint density at radius 3 is 2.50 bits per heavy atom. The first-order valence-corrected chi connectivity index (χ1v) is 10.5. The Balaban J connectivity index is 1.33. The van der Waals surface area contributed by atoms with Crippen LogP contribution in [0.15, 0.2) is 34.9 Å². The van der Waals surface area contributed by atoms with Crippen molar-refractivity contribution in [2.24, 2.45) is 0 Å². The minimum Gasteiger partial charge on any atom is -0.484 e. The number of amides is 2. The minimum absolute atomic E-state index is 0.169. The number of nitrogens with zero attached hydrogens (tertiary/aromatic N) is 1. The van der Waals surface area contributed by atoms with Gasteiger partial charge < -0.3 is 25.0 Å². The Hall–Kier alpha value is -3.01. The predicted octanol–water partition coefficient (Wildman–Crippen LogP) is 2.66. The van der Waals surface area contributed by atoms with Gasteiger partial charge in [-0.05, 0) is 51.2 Å². The van der Waals surface area contributed by atoms with E-state index in [0.29, 0.717) is 31.4 Å². The number of aromatic nitrogens is 1. The van der Waals surface area contributed by atoms with Gasteiger partial charge in [-0.2, -0.15) is 0 Å². The molecular weight excluding hydrogens is 424 g/mol. The summed E-state index contributed by atoms with van der Waals surface area (Å²) in [6.45, 7) is 1.79. The Bertz CT molecular complexity index is 984. The van der Waals surface area contributed by atoms with Gasteiger partial charge in [0.05, 0.1) is 11.6 Å². The number of fused-ring (bicyclic) bond motifs is 3. The third kappa shape index (κ3) is 4.45. The van der Waals surface area contributed by atoms with E-state index in [1.165, 1.54) is 0 Å². The first-order chi connectivity index (χ1) is 15.2. The lowest BCUT2D eigenvalue weighted by atomic mass is 9.60. The van der Waals surface area contributed by atoms with Crippen molar-refractivity contribution in [3.05, 3.63) is 47.3 Å². The van der Waals surface area contributed by atoms with E-state index in [4.69, 9.17) is 9.26 Å². The molecule has 1 atom stereocenters. The number of ether oxygens (including phenoxy) is 1. The fourth-order valence-electron chi connectivity index (χ4n) is 4.56. The lowest BCUT2D eigenvalue weighted by Crippen LogP contribution is -2.70. The number of halogens is 2. The molecule has 5 rings (SSSR count). The molecule has 1 aromatic carbocycles. The average molecular weight is 449 g/mol. The molecule has 3 aliphatic rings. The van der Waals surface area contributed by atoms with Crippen LogP contribution >= 0.6 is 0 Å². The first kappa shape index (κ1) is 22.2. The molecule has 10 heteroatoms. The summed E-state index contributed by atoms with van der Waals surface area (Å²) in [4.78, 5) is 25.0. The van der Waals surface area contributed by atoms with E-state index < -0.39 is 35.2 Å². The number of benzene rings is 1. The number of aliphatic hydroxyl groups is 1. The summed E-state index contributed by atoms with van der Waals surface area (Å²) < 4.78 is 35.6. The molecular formula is C22H25F2N3O5. The maximum Gasteiger partial charge on any atom is 0.290 e. The Kier molecular flexibility index (Phi) is 5.89. The van der Waals surface area contributed by atoms with Crippen LogP contribution in [0.2, 0.25) is 0 Å². The molecule has 0 unspecified atom stereocenters. The van der Waals surface area contributed by atoms with Crippen LogP contribution in [0.3, 0.4) is 0 Å². The topological polar surface area (TPSA) is 114 Å². The van der Waals surface area contributed by atoms with Crippen LogP contribution in [0.25, 0.3) is 0 Å². The number of rotatable bonds is 7. The zero-order valence-corrected chi connectivity index (χ0v) is 17.6. The molecule has 8 nitrogen and oxygen atoms in total. The fraction of sp³-hybridized carbons (Fsp3) is 0.500. The van der Waals surface area contributed by atoms with Crippen molar-refractivity contribution in [3.8, 4) is 5.75 Å². The van der Waals surface area contributed by atoms with Gasteiger partial charge in [-0.3, -0.25) is 9.59 Å². The summed E-state index contributed by atoms with van der Waals surface area (Å²) in [7, 11) is 0. The molecule has 172 valence electrons. The van der Waals surface area contributed by atoms with E-state index in [1.807, 2.05) is 19.1 Å². The van der Waals surface area contributed by atoms with Gasteiger partial charge in [0.15, 0.2) is 12.3 Å². The standard InChI is InChI=1S/C22H25F2N3O5/c1-13-2-4-14(5-3-13)31-12-18(29)25-22-8-6-21(7-9-22,11-17(22)28)26-20(30)16-10-15(19(23)24)27-32-16/h2-5,10,17,19,28H,6-9,11-12H2,1H3,(H,25,29)(H,26,30)/t17-,21?,22?/m0/s1. The third-order valence-corrected chi connectivity index (χ3v) is 6.46. The van der Waals surface area contributed by atoms with E-state index in [0.717, 1.165) is 11.6 Å². The zero-order chi connectivity index (χ0) is 22.9. The van der Waals surface area contributed by atoms with Crippen LogP contribution in [0.1, 0.15) is 60.3 Å². The number of carbonyl (C=O) groups excluding carboxylic acids is 2. The number of alkyl halides is 2. The van der Waals surface area contributed by atoms with Gasteiger partial charge in [0.25, 0.3) is 18.2 Å². The van der Waals surface area contributed by atoms with E-state index in [9.17, 15) is 23.5 Å². The Labute approximate surface area is 183 Å². The van der Waals surface area contributed by atoms with Crippen LogP contribution in [-0.4, -0.2) is 45.9 Å². The number of aliphatic hydroxyl groups excluding tert-OH is 1. The van der Waals surface area contributed by atoms with Gasteiger partial charge in [0.2, 0.25) is 5.76 Å². The largest absolute Gasteiger partial charge is 0.484 e. The van der Waals surface area contributed by atoms with Crippen LogP contribution < -0.4 is 15.4 Å². The fourth-order valence-corrected chi connectivity index (χ4v) is 4.56. The SMILES string of the molecule is Cc1ccc(OCC(=O)NC23CCC(NC(=O)c4cc(C(F)F)no4)(CC2)C[C@@H]3O)cc1. The van der Waals surface area contributed by atoms with E-state index in [1.54, 1.807) is 12.1 Å². The number of aryl methyl sites for hydroxylation is 1.